The molecular formula is C24H36N4O4. The molecule has 1 atom stereocenters. The normalized spacial score (nSPS) is 15.8. The van der Waals surface area contributed by atoms with E-state index in [1.54, 1.807) is 7.11 Å². The van der Waals surface area contributed by atoms with Crippen LogP contribution in [0.3, 0.4) is 0 Å². The third-order valence-electron chi connectivity index (χ3n) is 6.05. The van der Waals surface area contributed by atoms with E-state index in [0.29, 0.717) is 37.1 Å². The molecular weight excluding hydrogens is 408 g/mol. The van der Waals surface area contributed by atoms with Crippen molar-refractivity contribution in [2.75, 3.05) is 46.5 Å². The summed E-state index contributed by atoms with van der Waals surface area (Å²) >= 11 is 0. The van der Waals surface area contributed by atoms with Gasteiger partial charge in [0.1, 0.15) is 12.0 Å². The van der Waals surface area contributed by atoms with Gasteiger partial charge in [0, 0.05) is 44.3 Å². The zero-order valence-electron chi connectivity index (χ0n) is 19.7. The highest BCUT2D eigenvalue weighted by Gasteiger charge is 2.22. The molecule has 1 saturated heterocycles. The SMILES string of the molecule is COc1ccccc1CN(Cc1nc(C(=O)NCCN2CCOCC2)co1)C(C)C(C)C. The van der Waals surface area contributed by atoms with E-state index in [0.717, 1.165) is 44.2 Å². The monoisotopic (exact) mass is 444 g/mol. The lowest BCUT2D eigenvalue weighted by molar-refractivity contribution is 0.0383. The molecule has 1 aromatic heterocycles. The summed E-state index contributed by atoms with van der Waals surface area (Å²) in [7, 11) is 1.69. The number of methoxy groups -OCH3 is 1. The van der Waals surface area contributed by atoms with Gasteiger partial charge in [0.25, 0.3) is 5.91 Å². The van der Waals surface area contributed by atoms with E-state index in [2.05, 4.69) is 46.9 Å². The van der Waals surface area contributed by atoms with Crippen molar-refractivity contribution in [1.82, 2.24) is 20.1 Å². The number of rotatable bonds is 11. The van der Waals surface area contributed by atoms with E-state index in [9.17, 15) is 4.79 Å². The maximum atomic E-state index is 12.5. The minimum Gasteiger partial charge on any atom is -0.496 e. The van der Waals surface area contributed by atoms with E-state index in [-0.39, 0.29) is 11.9 Å². The summed E-state index contributed by atoms with van der Waals surface area (Å²) in [6.45, 7) is 12.5. The van der Waals surface area contributed by atoms with Gasteiger partial charge in [-0.2, -0.15) is 0 Å². The molecule has 32 heavy (non-hydrogen) atoms. The number of carbonyl (C=O) groups excluding carboxylic acids is 1. The van der Waals surface area contributed by atoms with Crippen LogP contribution in [0, 0.1) is 5.92 Å². The Hall–Kier alpha value is -2.42. The Morgan fingerprint density at radius 2 is 1.97 bits per heavy atom. The van der Waals surface area contributed by atoms with Crippen LogP contribution in [0.15, 0.2) is 34.9 Å². The standard InChI is InChI=1S/C24H36N4O4/c1-18(2)19(3)28(15-20-7-5-6-8-22(20)30-4)16-23-26-21(17-32-23)24(29)25-9-10-27-11-13-31-14-12-27/h5-8,17-19H,9-16H2,1-4H3,(H,25,29). The molecule has 3 rings (SSSR count). The molecule has 0 aliphatic carbocycles. The van der Waals surface area contributed by atoms with Gasteiger partial charge in [-0.25, -0.2) is 4.98 Å². The molecule has 1 aliphatic rings. The van der Waals surface area contributed by atoms with Crippen molar-refractivity contribution < 1.29 is 18.7 Å². The van der Waals surface area contributed by atoms with Crippen molar-refractivity contribution in [3.05, 3.63) is 47.7 Å². The fourth-order valence-corrected chi connectivity index (χ4v) is 3.72. The van der Waals surface area contributed by atoms with Gasteiger partial charge in [-0.05, 0) is 18.9 Å². The van der Waals surface area contributed by atoms with Gasteiger partial charge in [0.15, 0.2) is 5.69 Å². The number of oxazole rings is 1. The van der Waals surface area contributed by atoms with Crippen molar-refractivity contribution in [1.29, 1.82) is 0 Å². The fraction of sp³-hybridized carbons (Fsp3) is 0.583. The largest absolute Gasteiger partial charge is 0.496 e. The van der Waals surface area contributed by atoms with E-state index >= 15 is 0 Å². The second kappa shape index (κ2) is 12.0. The van der Waals surface area contributed by atoms with Crippen LogP contribution in [0.2, 0.25) is 0 Å². The third-order valence-corrected chi connectivity index (χ3v) is 6.05. The van der Waals surface area contributed by atoms with Crippen LogP contribution in [0.25, 0.3) is 0 Å². The van der Waals surface area contributed by atoms with Crippen LogP contribution >= 0.6 is 0 Å². The molecule has 1 aliphatic heterocycles. The lowest BCUT2D eigenvalue weighted by Gasteiger charge is -2.31. The van der Waals surface area contributed by atoms with E-state index in [1.807, 2.05) is 18.2 Å². The van der Waals surface area contributed by atoms with Gasteiger partial charge in [-0.1, -0.05) is 32.0 Å². The number of nitrogens with zero attached hydrogens (tertiary/aromatic N) is 3. The van der Waals surface area contributed by atoms with Gasteiger partial charge in [-0.3, -0.25) is 14.6 Å². The van der Waals surface area contributed by atoms with Crippen LogP contribution in [-0.4, -0.2) is 73.2 Å². The summed E-state index contributed by atoms with van der Waals surface area (Å²) in [5, 5.41) is 2.93. The number of aromatic nitrogens is 1. The molecule has 2 aromatic rings. The minimum absolute atomic E-state index is 0.207. The van der Waals surface area contributed by atoms with E-state index in [4.69, 9.17) is 13.9 Å². The first-order chi connectivity index (χ1) is 15.5. The number of amides is 1. The lowest BCUT2D eigenvalue weighted by Crippen LogP contribution is -2.41. The Labute approximate surface area is 190 Å². The molecule has 1 N–H and O–H groups in total. The van der Waals surface area contributed by atoms with Crippen molar-refractivity contribution in [3.8, 4) is 5.75 Å². The van der Waals surface area contributed by atoms with Gasteiger partial charge in [-0.15, -0.1) is 0 Å². The van der Waals surface area contributed by atoms with Crippen molar-refractivity contribution in [2.24, 2.45) is 5.92 Å². The van der Waals surface area contributed by atoms with Crippen molar-refractivity contribution in [2.45, 2.75) is 39.9 Å². The lowest BCUT2D eigenvalue weighted by atomic mass is 10.0. The Morgan fingerprint density at radius 3 is 2.69 bits per heavy atom. The molecule has 2 heterocycles. The number of hydrogen-bond acceptors (Lipinski definition) is 7. The van der Waals surface area contributed by atoms with Crippen LogP contribution in [-0.2, 0) is 17.8 Å². The number of carbonyl (C=O) groups is 1. The Balaban J connectivity index is 1.59. The fourth-order valence-electron chi connectivity index (χ4n) is 3.72. The molecule has 0 spiro atoms. The molecule has 0 saturated carbocycles. The second-order valence-electron chi connectivity index (χ2n) is 8.54. The summed E-state index contributed by atoms with van der Waals surface area (Å²) in [5.74, 6) is 1.64. The molecule has 1 aromatic carbocycles. The van der Waals surface area contributed by atoms with Gasteiger partial charge >= 0.3 is 0 Å². The molecule has 0 bridgehead atoms. The first-order valence-corrected chi connectivity index (χ1v) is 11.4. The van der Waals surface area contributed by atoms with E-state index in [1.165, 1.54) is 6.26 Å². The summed E-state index contributed by atoms with van der Waals surface area (Å²) in [6, 6.07) is 8.31. The number of para-hydroxylation sites is 1. The number of benzene rings is 1. The third kappa shape index (κ3) is 6.79. The topological polar surface area (TPSA) is 80.1 Å². The molecule has 8 nitrogen and oxygen atoms in total. The predicted molar refractivity (Wildman–Crippen MR) is 123 cm³/mol. The van der Waals surface area contributed by atoms with Gasteiger partial charge in [0.05, 0.1) is 26.9 Å². The summed E-state index contributed by atoms with van der Waals surface area (Å²) in [4.78, 5) is 21.5. The van der Waals surface area contributed by atoms with E-state index < -0.39 is 0 Å². The quantitative estimate of drug-likeness (QED) is 0.571. The highest BCUT2D eigenvalue weighted by Crippen LogP contribution is 2.23. The number of nitrogens with one attached hydrogen (secondary N) is 1. The Kier molecular flexibility index (Phi) is 9.08. The number of morpholine rings is 1. The zero-order valence-corrected chi connectivity index (χ0v) is 19.7. The molecule has 8 heteroatoms. The Morgan fingerprint density at radius 1 is 1.22 bits per heavy atom. The second-order valence-corrected chi connectivity index (χ2v) is 8.54. The molecule has 176 valence electrons. The average Bonchev–Trinajstić information content (AvgIpc) is 3.28. The minimum atomic E-state index is -0.207. The van der Waals surface area contributed by atoms with Crippen molar-refractivity contribution >= 4 is 5.91 Å². The first kappa shape index (κ1) is 24.2. The predicted octanol–water partition coefficient (Wildman–Crippen LogP) is 2.79. The first-order valence-electron chi connectivity index (χ1n) is 11.4. The molecule has 1 amide bonds. The molecule has 1 unspecified atom stereocenters. The van der Waals surface area contributed by atoms with Crippen LogP contribution in [0.5, 0.6) is 5.75 Å². The summed E-state index contributed by atoms with van der Waals surface area (Å²) in [5.41, 5.74) is 1.42. The zero-order chi connectivity index (χ0) is 22.9. The smallest absolute Gasteiger partial charge is 0.273 e. The molecule has 0 radical (unpaired) electrons. The maximum absolute atomic E-state index is 12.5. The average molecular weight is 445 g/mol. The summed E-state index contributed by atoms with van der Waals surface area (Å²) in [6.07, 6.45) is 1.45. The Bertz CT molecular complexity index is 848. The van der Waals surface area contributed by atoms with Crippen LogP contribution in [0.4, 0.5) is 0 Å². The highest BCUT2D eigenvalue weighted by atomic mass is 16.5. The van der Waals surface area contributed by atoms with Crippen LogP contribution < -0.4 is 10.1 Å². The molecule has 1 fully saturated rings. The highest BCUT2D eigenvalue weighted by molar-refractivity contribution is 5.91. The van der Waals surface area contributed by atoms with Crippen LogP contribution in [0.1, 0.15) is 42.7 Å². The summed E-state index contributed by atoms with van der Waals surface area (Å²) < 4.78 is 16.5. The van der Waals surface area contributed by atoms with Gasteiger partial charge in [0.2, 0.25) is 5.89 Å². The number of hydrogen-bond donors (Lipinski definition) is 1. The maximum Gasteiger partial charge on any atom is 0.273 e. The number of ether oxygens (including phenoxy) is 2. The van der Waals surface area contributed by atoms with Crippen molar-refractivity contribution in [3.63, 3.8) is 0 Å². The van der Waals surface area contributed by atoms with Gasteiger partial charge < -0.3 is 19.2 Å².